The fraction of sp³-hybridized carbons (Fsp3) is 0.278. The monoisotopic (exact) mass is 282 g/mol. The average molecular weight is 282 g/mol. The van der Waals surface area contributed by atoms with Crippen LogP contribution in [0.2, 0.25) is 0 Å². The molecule has 3 nitrogen and oxygen atoms in total. The van der Waals surface area contributed by atoms with Gasteiger partial charge in [0.2, 0.25) is 5.91 Å². The fourth-order valence-corrected chi connectivity index (χ4v) is 2.39. The third kappa shape index (κ3) is 4.63. The van der Waals surface area contributed by atoms with Crippen LogP contribution in [0.25, 0.3) is 0 Å². The molecule has 0 aliphatic heterocycles. The summed E-state index contributed by atoms with van der Waals surface area (Å²) in [5.74, 6) is 0.0710. The molecule has 0 aliphatic rings. The maximum atomic E-state index is 12.0. The molecule has 0 spiro atoms. The van der Waals surface area contributed by atoms with Crippen LogP contribution in [0.15, 0.2) is 54.6 Å². The van der Waals surface area contributed by atoms with Gasteiger partial charge in [-0.05, 0) is 37.0 Å². The number of rotatable bonds is 6. The van der Waals surface area contributed by atoms with Crippen molar-refractivity contribution in [1.82, 2.24) is 5.32 Å². The number of aryl methyl sites for hydroxylation is 1. The summed E-state index contributed by atoms with van der Waals surface area (Å²) >= 11 is 0. The minimum absolute atomic E-state index is 0.0598. The predicted molar refractivity (Wildman–Crippen MR) is 86.8 cm³/mol. The lowest BCUT2D eigenvalue weighted by molar-refractivity contribution is -0.121. The van der Waals surface area contributed by atoms with Gasteiger partial charge in [0.05, 0.1) is 6.04 Å². The molecule has 1 atom stereocenters. The Morgan fingerprint density at radius 3 is 2.48 bits per heavy atom. The van der Waals surface area contributed by atoms with E-state index in [1.54, 1.807) is 0 Å². The summed E-state index contributed by atoms with van der Waals surface area (Å²) in [6.45, 7) is 1.96. The smallest absolute Gasteiger partial charge is 0.220 e. The van der Waals surface area contributed by atoms with Gasteiger partial charge in [-0.3, -0.25) is 4.79 Å². The van der Waals surface area contributed by atoms with Crippen LogP contribution in [0, 0.1) is 0 Å². The fourth-order valence-electron chi connectivity index (χ4n) is 2.39. The van der Waals surface area contributed by atoms with E-state index >= 15 is 0 Å². The normalized spacial score (nSPS) is 11.9. The Morgan fingerprint density at radius 1 is 1.10 bits per heavy atom. The van der Waals surface area contributed by atoms with Crippen LogP contribution in [-0.4, -0.2) is 5.91 Å². The molecular formula is C18H22N2O. The first-order valence-corrected chi connectivity index (χ1v) is 7.34. The molecule has 0 bridgehead atoms. The van der Waals surface area contributed by atoms with Gasteiger partial charge in [-0.25, -0.2) is 0 Å². The highest BCUT2D eigenvalue weighted by atomic mass is 16.1. The number of amides is 1. The Morgan fingerprint density at radius 2 is 1.76 bits per heavy atom. The Hall–Kier alpha value is -2.29. The molecule has 2 rings (SSSR count). The molecule has 21 heavy (non-hydrogen) atoms. The molecule has 0 heterocycles. The van der Waals surface area contributed by atoms with Crippen molar-refractivity contribution in [2.45, 2.75) is 32.2 Å². The van der Waals surface area contributed by atoms with Crippen molar-refractivity contribution >= 4 is 11.6 Å². The van der Waals surface area contributed by atoms with E-state index in [1.165, 1.54) is 5.56 Å². The zero-order valence-corrected chi connectivity index (χ0v) is 12.4. The van der Waals surface area contributed by atoms with Crippen molar-refractivity contribution in [2.75, 3.05) is 5.73 Å². The molecule has 0 aliphatic carbocycles. The zero-order chi connectivity index (χ0) is 15.1. The van der Waals surface area contributed by atoms with Gasteiger partial charge in [0.25, 0.3) is 0 Å². The molecular weight excluding hydrogens is 260 g/mol. The predicted octanol–water partition coefficient (Wildman–Crippen LogP) is 3.47. The maximum absolute atomic E-state index is 12.0. The summed E-state index contributed by atoms with van der Waals surface area (Å²) in [7, 11) is 0. The first kappa shape index (κ1) is 15.1. The third-order valence-corrected chi connectivity index (χ3v) is 3.55. The Bertz CT molecular complexity index is 581. The summed E-state index contributed by atoms with van der Waals surface area (Å²) in [6, 6.07) is 17.8. The third-order valence-electron chi connectivity index (χ3n) is 3.55. The largest absolute Gasteiger partial charge is 0.398 e. The molecule has 1 amide bonds. The number of para-hydroxylation sites is 1. The number of carbonyl (C=O) groups excluding carboxylic acids is 1. The van der Waals surface area contributed by atoms with Crippen LogP contribution in [0.5, 0.6) is 0 Å². The highest BCUT2D eigenvalue weighted by Crippen LogP contribution is 2.19. The molecule has 0 aromatic heterocycles. The summed E-state index contributed by atoms with van der Waals surface area (Å²) in [6.07, 6.45) is 2.31. The van der Waals surface area contributed by atoms with Gasteiger partial charge in [-0.1, -0.05) is 48.5 Å². The SMILES string of the molecule is CC(NC(=O)CCCc1ccccc1)c1ccccc1N. The quantitative estimate of drug-likeness (QED) is 0.797. The summed E-state index contributed by atoms with van der Waals surface area (Å²) in [4.78, 5) is 12.0. The number of nitrogen functional groups attached to an aromatic ring is 1. The maximum Gasteiger partial charge on any atom is 0.220 e. The highest BCUT2D eigenvalue weighted by molar-refractivity contribution is 5.76. The van der Waals surface area contributed by atoms with E-state index in [0.717, 1.165) is 24.1 Å². The minimum atomic E-state index is -0.0598. The van der Waals surface area contributed by atoms with E-state index < -0.39 is 0 Å². The molecule has 0 saturated heterocycles. The molecule has 2 aromatic rings. The van der Waals surface area contributed by atoms with Gasteiger partial charge in [0.15, 0.2) is 0 Å². The molecule has 0 saturated carbocycles. The Labute approximate surface area is 126 Å². The van der Waals surface area contributed by atoms with Gasteiger partial charge in [0.1, 0.15) is 0 Å². The van der Waals surface area contributed by atoms with E-state index in [4.69, 9.17) is 5.73 Å². The Kier molecular flexibility index (Phi) is 5.38. The van der Waals surface area contributed by atoms with Crippen LogP contribution in [-0.2, 0) is 11.2 Å². The van der Waals surface area contributed by atoms with Crippen molar-refractivity contribution in [1.29, 1.82) is 0 Å². The van der Waals surface area contributed by atoms with E-state index in [2.05, 4.69) is 17.4 Å². The molecule has 0 radical (unpaired) electrons. The van der Waals surface area contributed by atoms with Crippen LogP contribution < -0.4 is 11.1 Å². The summed E-state index contributed by atoms with van der Waals surface area (Å²) < 4.78 is 0. The minimum Gasteiger partial charge on any atom is -0.398 e. The van der Waals surface area contributed by atoms with E-state index in [-0.39, 0.29) is 11.9 Å². The second-order valence-electron chi connectivity index (χ2n) is 5.26. The second kappa shape index (κ2) is 7.48. The van der Waals surface area contributed by atoms with Gasteiger partial charge in [0, 0.05) is 12.1 Å². The van der Waals surface area contributed by atoms with Crippen molar-refractivity contribution in [2.24, 2.45) is 0 Å². The molecule has 1 unspecified atom stereocenters. The molecule has 0 fully saturated rings. The molecule has 3 heteroatoms. The lowest BCUT2D eigenvalue weighted by Crippen LogP contribution is -2.27. The van der Waals surface area contributed by atoms with Crippen LogP contribution in [0.3, 0.4) is 0 Å². The van der Waals surface area contributed by atoms with Crippen molar-refractivity contribution < 1.29 is 4.79 Å². The van der Waals surface area contributed by atoms with Crippen LogP contribution >= 0.6 is 0 Å². The van der Waals surface area contributed by atoms with Crippen LogP contribution in [0.1, 0.15) is 36.9 Å². The second-order valence-corrected chi connectivity index (χ2v) is 5.26. The van der Waals surface area contributed by atoms with Crippen LogP contribution in [0.4, 0.5) is 5.69 Å². The number of hydrogen-bond donors (Lipinski definition) is 2. The molecule has 3 N–H and O–H groups in total. The molecule has 2 aromatic carbocycles. The van der Waals surface area contributed by atoms with E-state index in [1.807, 2.05) is 49.4 Å². The van der Waals surface area contributed by atoms with Gasteiger partial charge >= 0.3 is 0 Å². The lowest BCUT2D eigenvalue weighted by atomic mass is 10.1. The van der Waals surface area contributed by atoms with Crippen molar-refractivity contribution in [3.05, 3.63) is 65.7 Å². The standard InChI is InChI=1S/C18H22N2O/c1-14(16-11-5-6-12-17(16)19)20-18(21)13-7-10-15-8-3-2-4-9-15/h2-6,8-9,11-12,14H,7,10,13,19H2,1H3,(H,20,21). The number of carbonyl (C=O) groups is 1. The molecule has 110 valence electrons. The number of benzene rings is 2. The van der Waals surface area contributed by atoms with Crippen molar-refractivity contribution in [3.8, 4) is 0 Å². The highest BCUT2D eigenvalue weighted by Gasteiger charge is 2.11. The zero-order valence-electron chi connectivity index (χ0n) is 12.4. The van der Waals surface area contributed by atoms with E-state index in [0.29, 0.717) is 6.42 Å². The first-order valence-electron chi connectivity index (χ1n) is 7.34. The van der Waals surface area contributed by atoms with Gasteiger partial charge in [-0.15, -0.1) is 0 Å². The summed E-state index contributed by atoms with van der Waals surface area (Å²) in [5.41, 5.74) is 8.87. The number of anilines is 1. The topological polar surface area (TPSA) is 55.1 Å². The van der Waals surface area contributed by atoms with Crippen molar-refractivity contribution in [3.63, 3.8) is 0 Å². The number of nitrogens with two attached hydrogens (primary N) is 1. The average Bonchev–Trinajstić information content (AvgIpc) is 2.48. The summed E-state index contributed by atoms with van der Waals surface area (Å²) in [5, 5.41) is 3.00. The number of nitrogens with one attached hydrogen (secondary N) is 1. The first-order chi connectivity index (χ1) is 10.2. The Balaban J connectivity index is 1.78. The lowest BCUT2D eigenvalue weighted by Gasteiger charge is -2.16. The van der Waals surface area contributed by atoms with Gasteiger partial charge < -0.3 is 11.1 Å². The van der Waals surface area contributed by atoms with Gasteiger partial charge in [-0.2, -0.15) is 0 Å². The number of hydrogen-bond acceptors (Lipinski definition) is 2. The van der Waals surface area contributed by atoms with E-state index in [9.17, 15) is 4.79 Å².